The molecule has 0 bridgehead atoms. The van der Waals surface area contributed by atoms with Crippen molar-refractivity contribution in [1.29, 1.82) is 0 Å². The molecule has 1 aromatic heterocycles. The van der Waals surface area contributed by atoms with Gasteiger partial charge >= 0.3 is 0 Å². The summed E-state index contributed by atoms with van der Waals surface area (Å²) in [5.74, 6) is 0.225. The Morgan fingerprint density at radius 3 is 2.56 bits per heavy atom. The van der Waals surface area contributed by atoms with Gasteiger partial charge in [0.25, 0.3) is 0 Å². The molecular formula is C22H32N6O4. The number of aliphatic hydroxyl groups excluding tert-OH is 1. The fourth-order valence-corrected chi connectivity index (χ4v) is 3.93. The summed E-state index contributed by atoms with van der Waals surface area (Å²) in [7, 11) is 3.14. The number of hydrogen-bond donors (Lipinski definition) is 3. The van der Waals surface area contributed by atoms with Crippen molar-refractivity contribution < 1.29 is 19.4 Å². The number of β-amino-alcohol motifs (C(OH)–C–C–N with tert-alkyl or cyclic N) is 1. The molecule has 3 atom stereocenters. The molecule has 0 aliphatic carbocycles. The lowest BCUT2D eigenvalue weighted by Gasteiger charge is -2.34. The predicted octanol–water partition coefficient (Wildman–Crippen LogP) is 1.19. The second kappa shape index (κ2) is 9.56. The number of anilines is 1. The van der Waals surface area contributed by atoms with Gasteiger partial charge in [0.05, 0.1) is 26.0 Å². The van der Waals surface area contributed by atoms with Gasteiger partial charge in [-0.25, -0.2) is 4.68 Å². The molecule has 1 saturated heterocycles. The maximum Gasteiger partial charge on any atom is 0.248 e. The maximum atomic E-state index is 13.5. The number of aliphatic hydroxyl groups is 1. The van der Waals surface area contributed by atoms with Crippen LogP contribution in [0.2, 0.25) is 0 Å². The van der Waals surface area contributed by atoms with Gasteiger partial charge in [0.1, 0.15) is 23.5 Å². The highest BCUT2D eigenvalue weighted by Gasteiger charge is 2.44. The normalized spacial score (nSPS) is 19.5. The zero-order valence-corrected chi connectivity index (χ0v) is 19.2. The lowest BCUT2D eigenvalue weighted by Crippen LogP contribution is -2.49. The number of benzene rings is 1. The number of methoxy groups -OCH3 is 1. The average molecular weight is 445 g/mol. The van der Waals surface area contributed by atoms with Crippen molar-refractivity contribution in [3.8, 4) is 5.75 Å². The molecule has 174 valence electrons. The number of hydrogen-bond acceptors (Lipinski definition) is 7. The standard InChI is InChI=1S/C22H32N6O4/c1-22(2,3)19(21(31)27-13-16(29)10-18(27)20(30)23-4)28-12-15(25-26-28)11-24-14-6-8-17(32-5)9-7-14/h6-9,12,16,18-19,24,29H,10-11,13H2,1-5H3,(H,23,30)/t16-,18+,19-/m1/s1. The average Bonchev–Trinajstić information content (AvgIpc) is 3.37. The van der Waals surface area contributed by atoms with E-state index in [1.807, 2.05) is 45.0 Å². The molecule has 3 N–H and O–H groups in total. The highest BCUT2D eigenvalue weighted by Crippen LogP contribution is 2.34. The molecule has 2 amide bonds. The lowest BCUT2D eigenvalue weighted by atomic mass is 9.85. The fourth-order valence-electron chi connectivity index (χ4n) is 3.93. The van der Waals surface area contributed by atoms with Crippen molar-refractivity contribution in [3.63, 3.8) is 0 Å². The van der Waals surface area contributed by atoms with E-state index in [2.05, 4.69) is 20.9 Å². The van der Waals surface area contributed by atoms with Crippen molar-refractivity contribution >= 4 is 17.5 Å². The minimum Gasteiger partial charge on any atom is -0.497 e. The first-order valence-electron chi connectivity index (χ1n) is 10.6. The van der Waals surface area contributed by atoms with E-state index in [4.69, 9.17) is 4.74 Å². The molecular weight excluding hydrogens is 412 g/mol. The summed E-state index contributed by atoms with van der Waals surface area (Å²) in [6.07, 6.45) is 1.23. The molecule has 2 heterocycles. The first-order chi connectivity index (χ1) is 15.1. The van der Waals surface area contributed by atoms with E-state index in [1.165, 1.54) is 11.9 Å². The number of ether oxygens (including phenoxy) is 1. The van der Waals surface area contributed by atoms with Crippen LogP contribution < -0.4 is 15.4 Å². The second-order valence-corrected chi connectivity index (χ2v) is 9.05. The second-order valence-electron chi connectivity index (χ2n) is 9.05. The van der Waals surface area contributed by atoms with Crippen molar-refractivity contribution in [2.24, 2.45) is 5.41 Å². The Hall–Kier alpha value is -3.14. The van der Waals surface area contributed by atoms with Crippen LogP contribution in [-0.2, 0) is 16.1 Å². The first kappa shape index (κ1) is 23.5. The van der Waals surface area contributed by atoms with Gasteiger partial charge in [-0.1, -0.05) is 26.0 Å². The number of amides is 2. The Bertz CT molecular complexity index is 937. The van der Waals surface area contributed by atoms with E-state index in [0.29, 0.717) is 12.2 Å². The Morgan fingerprint density at radius 1 is 1.28 bits per heavy atom. The number of rotatable bonds is 7. The van der Waals surface area contributed by atoms with Gasteiger partial charge in [-0.3, -0.25) is 9.59 Å². The molecule has 1 aliphatic heterocycles. The number of nitrogens with one attached hydrogen (secondary N) is 2. The third-order valence-corrected chi connectivity index (χ3v) is 5.55. The molecule has 0 spiro atoms. The summed E-state index contributed by atoms with van der Waals surface area (Å²) >= 11 is 0. The summed E-state index contributed by atoms with van der Waals surface area (Å²) in [6.45, 7) is 6.36. The predicted molar refractivity (Wildman–Crippen MR) is 119 cm³/mol. The molecule has 0 saturated carbocycles. The number of aromatic nitrogens is 3. The molecule has 1 aromatic carbocycles. The van der Waals surface area contributed by atoms with Crippen LogP contribution in [-0.4, -0.2) is 69.7 Å². The molecule has 32 heavy (non-hydrogen) atoms. The lowest BCUT2D eigenvalue weighted by molar-refractivity contribution is -0.144. The van der Waals surface area contributed by atoms with Crippen LogP contribution in [0, 0.1) is 5.41 Å². The smallest absolute Gasteiger partial charge is 0.248 e. The largest absolute Gasteiger partial charge is 0.497 e. The summed E-state index contributed by atoms with van der Waals surface area (Å²) < 4.78 is 6.72. The quantitative estimate of drug-likeness (QED) is 0.586. The van der Waals surface area contributed by atoms with Crippen molar-refractivity contribution in [1.82, 2.24) is 25.2 Å². The van der Waals surface area contributed by atoms with Crippen LogP contribution >= 0.6 is 0 Å². The zero-order chi connectivity index (χ0) is 23.5. The molecule has 1 fully saturated rings. The SMILES string of the molecule is CNC(=O)[C@@H]1C[C@@H](O)CN1C(=O)[C@@H](n1cc(CNc2ccc(OC)cc2)nn1)C(C)(C)C. The fraction of sp³-hybridized carbons (Fsp3) is 0.545. The van der Waals surface area contributed by atoms with Crippen LogP contribution in [0.25, 0.3) is 0 Å². The summed E-state index contributed by atoms with van der Waals surface area (Å²) in [4.78, 5) is 27.3. The van der Waals surface area contributed by atoms with Crippen LogP contribution in [0.1, 0.15) is 38.9 Å². The van der Waals surface area contributed by atoms with E-state index < -0.39 is 23.6 Å². The van der Waals surface area contributed by atoms with Crippen molar-refractivity contribution in [2.45, 2.75) is 51.9 Å². The monoisotopic (exact) mass is 444 g/mol. The van der Waals surface area contributed by atoms with E-state index in [9.17, 15) is 14.7 Å². The van der Waals surface area contributed by atoms with Crippen LogP contribution in [0.5, 0.6) is 5.75 Å². The topological polar surface area (TPSA) is 122 Å². The van der Waals surface area contributed by atoms with Gasteiger partial charge in [-0.15, -0.1) is 5.10 Å². The van der Waals surface area contributed by atoms with Crippen molar-refractivity contribution in [2.75, 3.05) is 26.0 Å². The Balaban J connectivity index is 1.77. The number of carbonyl (C=O) groups is 2. The third-order valence-electron chi connectivity index (χ3n) is 5.55. The van der Waals surface area contributed by atoms with Crippen molar-refractivity contribution in [3.05, 3.63) is 36.2 Å². The maximum absolute atomic E-state index is 13.5. The minimum atomic E-state index is -0.734. The molecule has 3 rings (SSSR count). The van der Waals surface area contributed by atoms with Crippen LogP contribution in [0.3, 0.4) is 0 Å². The Morgan fingerprint density at radius 2 is 1.97 bits per heavy atom. The van der Waals surface area contributed by atoms with Gasteiger partial charge in [0.15, 0.2) is 0 Å². The van der Waals surface area contributed by atoms with E-state index in [-0.39, 0.29) is 24.8 Å². The first-order valence-corrected chi connectivity index (χ1v) is 10.6. The van der Waals surface area contributed by atoms with Gasteiger partial charge in [-0.05, 0) is 29.7 Å². The summed E-state index contributed by atoms with van der Waals surface area (Å²) in [5.41, 5.74) is 1.09. The summed E-state index contributed by atoms with van der Waals surface area (Å²) in [6, 6.07) is 6.15. The van der Waals surface area contributed by atoms with E-state index in [0.717, 1.165) is 11.4 Å². The minimum absolute atomic E-state index is 0.115. The number of carbonyl (C=O) groups excluding carboxylic acids is 2. The molecule has 2 aromatic rings. The van der Waals surface area contributed by atoms with Gasteiger partial charge in [0, 0.05) is 25.7 Å². The van der Waals surface area contributed by atoms with Gasteiger partial charge < -0.3 is 25.4 Å². The molecule has 0 radical (unpaired) electrons. The summed E-state index contributed by atoms with van der Waals surface area (Å²) in [5, 5.41) is 24.4. The van der Waals surface area contributed by atoms with E-state index in [1.54, 1.807) is 18.0 Å². The highest BCUT2D eigenvalue weighted by atomic mass is 16.5. The zero-order valence-electron chi connectivity index (χ0n) is 19.2. The highest BCUT2D eigenvalue weighted by molar-refractivity contribution is 5.90. The number of likely N-dealkylation sites (tertiary alicyclic amines) is 1. The number of nitrogens with zero attached hydrogens (tertiary/aromatic N) is 4. The molecule has 10 heteroatoms. The molecule has 0 unspecified atom stereocenters. The molecule has 1 aliphatic rings. The van der Waals surface area contributed by atoms with Crippen LogP contribution in [0.15, 0.2) is 30.5 Å². The van der Waals surface area contributed by atoms with Gasteiger partial charge in [0.2, 0.25) is 11.8 Å². The Kier molecular flexibility index (Phi) is 7.02. The Labute approximate surface area is 187 Å². The number of likely N-dealkylation sites (N-methyl/N-ethyl adjacent to an activating group) is 1. The molecule has 10 nitrogen and oxygen atoms in total. The van der Waals surface area contributed by atoms with Crippen LogP contribution in [0.4, 0.5) is 5.69 Å². The third kappa shape index (κ3) is 5.18. The van der Waals surface area contributed by atoms with E-state index >= 15 is 0 Å². The van der Waals surface area contributed by atoms with Gasteiger partial charge in [-0.2, -0.15) is 0 Å².